The van der Waals surface area contributed by atoms with Crippen LogP contribution in [0.5, 0.6) is 0 Å². The van der Waals surface area contributed by atoms with Gasteiger partial charge in [0.1, 0.15) is 11.6 Å². The van der Waals surface area contributed by atoms with Crippen molar-refractivity contribution in [1.29, 1.82) is 0 Å². The lowest BCUT2D eigenvalue weighted by Crippen LogP contribution is -2.42. The van der Waals surface area contributed by atoms with E-state index in [0.717, 1.165) is 50.0 Å². The summed E-state index contributed by atoms with van der Waals surface area (Å²) in [7, 11) is 1.81. The van der Waals surface area contributed by atoms with E-state index < -0.39 is 0 Å². The van der Waals surface area contributed by atoms with Gasteiger partial charge in [0.25, 0.3) is 0 Å². The van der Waals surface area contributed by atoms with E-state index in [1.165, 1.54) is 11.1 Å². The number of aromatic nitrogens is 3. The zero-order valence-corrected chi connectivity index (χ0v) is 17.4. The third-order valence-corrected chi connectivity index (χ3v) is 4.34. The fraction of sp³-hybridized carbons (Fsp3) is 0.500. The first-order valence-corrected chi connectivity index (χ1v) is 8.60. The van der Waals surface area contributed by atoms with E-state index in [2.05, 4.69) is 56.9 Å². The third kappa shape index (κ3) is 5.17. The first-order chi connectivity index (χ1) is 11.7. The van der Waals surface area contributed by atoms with E-state index in [9.17, 15) is 0 Å². The first kappa shape index (κ1) is 19.7. The maximum absolute atomic E-state index is 4.56. The molecule has 1 unspecified atom stereocenters. The third-order valence-electron chi connectivity index (χ3n) is 4.34. The lowest BCUT2D eigenvalue weighted by Gasteiger charge is -2.25. The lowest BCUT2D eigenvalue weighted by atomic mass is 10.1. The molecule has 0 saturated carbocycles. The second-order valence-electron chi connectivity index (χ2n) is 6.31. The minimum atomic E-state index is 0. The van der Waals surface area contributed by atoms with Gasteiger partial charge in [-0.15, -0.1) is 24.0 Å². The van der Waals surface area contributed by atoms with Gasteiger partial charge in [-0.3, -0.25) is 4.99 Å². The Balaban J connectivity index is 0.00000225. The molecular formula is C18H27IN6. The molecule has 2 aromatic rings. The second-order valence-corrected chi connectivity index (χ2v) is 6.31. The molecule has 0 aliphatic carbocycles. The number of nitrogens with one attached hydrogen (secondary N) is 2. The van der Waals surface area contributed by atoms with Crippen molar-refractivity contribution >= 4 is 29.9 Å². The largest absolute Gasteiger partial charge is 0.356 e. The Hall–Kier alpha value is -1.64. The Bertz CT molecular complexity index is 707. The van der Waals surface area contributed by atoms with Crippen LogP contribution in [0.25, 0.3) is 0 Å². The fourth-order valence-electron chi connectivity index (χ4n) is 3.04. The molecular weight excluding hydrogens is 427 g/mol. The summed E-state index contributed by atoms with van der Waals surface area (Å²) in [5.74, 6) is 2.67. The number of rotatable bonds is 4. The van der Waals surface area contributed by atoms with Gasteiger partial charge in [-0.1, -0.05) is 29.8 Å². The molecule has 7 heteroatoms. The predicted octanol–water partition coefficient (Wildman–Crippen LogP) is 2.76. The molecule has 0 spiro atoms. The molecule has 1 aliphatic rings. The summed E-state index contributed by atoms with van der Waals surface area (Å²) < 4.78 is 2.01. The van der Waals surface area contributed by atoms with Gasteiger partial charge < -0.3 is 10.6 Å². The highest BCUT2D eigenvalue weighted by molar-refractivity contribution is 14.0. The average Bonchev–Trinajstić information content (AvgIpc) is 2.97. The minimum absolute atomic E-state index is 0. The van der Waals surface area contributed by atoms with Gasteiger partial charge in [0.15, 0.2) is 5.96 Å². The smallest absolute Gasteiger partial charge is 0.191 e. The van der Waals surface area contributed by atoms with E-state index >= 15 is 0 Å². The van der Waals surface area contributed by atoms with Crippen molar-refractivity contribution < 1.29 is 0 Å². The first-order valence-electron chi connectivity index (χ1n) is 8.60. The highest BCUT2D eigenvalue weighted by Crippen LogP contribution is 2.22. The van der Waals surface area contributed by atoms with Crippen LogP contribution in [0, 0.1) is 13.8 Å². The molecule has 2 heterocycles. The van der Waals surface area contributed by atoms with Crippen LogP contribution in [-0.4, -0.2) is 34.3 Å². The molecule has 0 saturated heterocycles. The van der Waals surface area contributed by atoms with Crippen LogP contribution in [0.2, 0.25) is 0 Å². The Labute approximate surface area is 166 Å². The number of hydrogen-bond acceptors (Lipinski definition) is 3. The minimum Gasteiger partial charge on any atom is -0.356 e. The van der Waals surface area contributed by atoms with E-state index in [-0.39, 0.29) is 30.0 Å². The Morgan fingerprint density at radius 3 is 2.76 bits per heavy atom. The molecule has 1 aliphatic heterocycles. The van der Waals surface area contributed by atoms with Crippen LogP contribution >= 0.6 is 24.0 Å². The molecule has 25 heavy (non-hydrogen) atoms. The summed E-state index contributed by atoms with van der Waals surface area (Å²) in [6.45, 7) is 5.85. The quantitative estimate of drug-likeness (QED) is 0.424. The number of benzene rings is 1. The number of nitrogens with zero attached hydrogens (tertiary/aromatic N) is 4. The average molecular weight is 454 g/mol. The van der Waals surface area contributed by atoms with Crippen LogP contribution in [0.15, 0.2) is 29.3 Å². The van der Waals surface area contributed by atoms with Crippen molar-refractivity contribution in [2.45, 2.75) is 45.7 Å². The molecule has 0 radical (unpaired) electrons. The molecule has 1 aromatic heterocycles. The number of aliphatic imine (C=N–C) groups is 1. The molecule has 6 nitrogen and oxygen atoms in total. The van der Waals surface area contributed by atoms with Crippen LogP contribution in [0.3, 0.4) is 0 Å². The fourth-order valence-corrected chi connectivity index (χ4v) is 3.04. The summed E-state index contributed by atoms with van der Waals surface area (Å²) in [5, 5.41) is 11.3. The number of halogens is 1. The van der Waals surface area contributed by atoms with Gasteiger partial charge in [0.05, 0.1) is 6.04 Å². The van der Waals surface area contributed by atoms with Crippen molar-refractivity contribution in [3.8, 4) is 0 Å². The van der Waals surface area contributed by atoms with Gasteiger partial charge in [-0.25, -0.2) is 9.67 Å². The lowest BCUT2D eigenvalue weighted by molar-refractivity contribution is 0.398. The standard InChI is InChI=1S/C18H26N6.HI/c1-13-6-8-15(9-7-13)10-11-20-18(19-3)22-16-5-4-12-24-17(16)21-14(2)23-24;/h6-9,16H,4-5,10-12H2,1-3H3,(H2,19,20,22);1H. The number of aryl methyl sites for hydroxylation is 3. The molecule has 0 amide bonds. The number of hydrogen-bond donors (Lipinski definition) is 2. The van der Waals surface area contributed by atoms with Crippen LogP contribution in [-0.2, 0) is 13.0 Å². The molecule has 2 N–H and O–H groups in total. The normalized spacial score (nSPS) is 16.8. The monoisotopic (exact) mass is 454 g/mol. The highest BCUT2D eigenvalue weighted by atomic mass is 127. The highest BCUT2D eigenvalue weighted by Gasteiger charge is 2.24. The van der Waals surface area contributed by atoms with Gasteiger partial charge in [-0.2, -0.15) is 5.10 Å². The summed E-state index contributed by atoms with van der Waals surface area (Å²) in [6.07, 6.45) is 3.13. The number of guanidine groups is 1. The van der Waals surface area contributed by atoms with Gasteiger partial charge in [-0.05, 0) is 38.7 Å². The van der Waals surface area contributed by atoms with Gasteiger partial charge >= 0.3 is 0 Å². The molecule has 1 atom stereocenters. The molecule has 1 aromatic carbocycles. The van der Waals surface area contributed by atoms with E-state index in [1.54, 1.807) is 7.05 Å². The van der Waals surface area contributed by atoms with Crippen molar-refractivity contribution in [1.82, 2.24) is 25.4 Å². The van der Waals surface area contributed by atoms with Crippen molar-refractivity contribution in [3.05, 3.63) is 47.0 Å². The Morgan fingerprint density at radius 2 is 2.04 bits per heavy atom. The van der Waals surface area contributed by atoms with Crippen molar-refractivity contribution in [2.24, 2.45) is 4.99 Å². The summed E-state index contributed by atoms with van der Waals surface area (Å²) in [5.41, 5.74) is 2.62. The topological polar surface area (TPSA) is 67.1 Å². The summed E-state index contributed by atoms with van der Waals surface area (Å²) in [4.78, 5) is 8.91. The van der Waals surface area contributed by atoms with Crippen LogP contribution in [0.4, 0.5) is 0 Å². The summed E-state index contributed by atoms with van der Waals surface area (Å²) >= 11 is 0. The SMILES string of the molecule is CN=C(NCCc1ccc(C)cc1)NC1CCCn2nc(C)nc21.I. The van der Waals surface area contributed by atoms with Gasteiger partial charge in [0, 0.05) is 20.1 Å². The van der Waals surface area contributed by atoms with Crippen molar-refractivity contribution in [3.63, 3.8) is 0 Å². The van der Waals surface area contributed by atoms with E-state index in [4.69, 9.17) is 0 Å². The predicted molar refractivity (Wildman–Crippen MR) is 112 cm³/mol. The van der Waals surface area contributed by atoms with Crippen molar-refractivity contribution in [2.75, 3.05) is 13.6 Å². The Kier molecular flexibility index (Phi) is 7.22. The second kappa shape index (κ2) is 9.17. The molecule has 3 rings (SSSR count). The maximum Gasteiger partial charge on any atom is 0.191 e. The van der Waals surface area contributed by atoms with E-state index in [0.29, 0.717) is 0 Å². The van der Waals surface area contributed by atoms with Gasteiger partial charge in [0.2, 0.25) is 0 Å². The van der Waals surface area contributed by atoms with Crippen LogP contribution < -0.4 is 10.6 Å². The molecule has 0 bridgehead atoms. The molecule has 0 fully saturated rings. The maximum atomic E-state index is 4.56. The van der Waals surface area contributed by atoms with E-state index in [1.807, 2.05) is 11.6 Å². The van der Waals surface area contributed by atoms with Crippen LogP contribution in [0.1, 0.15) is 41.7 Å². The molecule has 136 valence electrons. The zero-order chi connectivity index (χ0) is 16.9. The Morgan fingerprint density at radius 1 is 1.28 bits per heavy atom. The summed E-state index contributed by atoms with van der Waals surface area (Å²) in [6, 6.07) is 8.84. The zero-order valence-electron chi connectivity index (χ0n) is 15.1. The number of fused-ring (bicyclic) bond motifs is 1.